The first-order chi connectivity index (χ1) is 7.40. The molecule has 0 aromatic heterocycles. The quantitative estimate of drug-likeness (QED) is 0.744. The Morgan fingerprint density at radius 1 is 1.13 bits per heavy atom. The molecule has 3 unspecified atom stereocenters. The fraction of sp³-hybridized carbons (Fsp3) is 1.00. The molecule has 3 atom stereocenters. The van der Waals surface area contributed by atoms with Gasteiger partial charge in [-0.1, -0.05) is 26.2 Å². The second-order valence-electron chi connectivity index (χ2n) is 5.26. The Bertz CT molecular complexity index is 175. The van der Waals surface area contributed by atoms with E-state index in [1.807, 2.05) is 0 Å². The minimum absolute atomic E-state index is 0.754. The molecule has 0 aromatic carbocycles. The van der Waals surface area contributed by atoms with Crippen molar-refractivity contribution >= 4 is 0 Å². The van der Waals surface area contributed by atoms with Gasteiger partial charge in [0.15, 0.2) is 0 Å². The second-order valence-corrected chi connectivity index (χ2v) is 5.26. The van der Waals surface area contributed by atoms with Gasteiger partial charge in [-0.3, -0.25) is 0 Å². The zero-order chi connectivity index (χ0) is 10.5. The van der Waals surface area contributed by atoms with Crippen LogP contribution in [0.1, 0.15) is 51.9 Å². The van der Waals surface area contributed by atoms with E-state index in [1.54, 1.807) is 0 Å². The summed E-state index contributed by atoms with van der Waals surface area (Å²) in [5, 5.41) is 7.37. The molecule has 0 radical (unpaired) electrons. The van der Waals surface area contributed by atoms with Crippen LogP contribution in [0.3, 0.4) is 0 Å². The molecular formula is C13H26N2. The molecule has 1 aliphatic heterocycles. The summed E-state index contributed by atoms with van der Waals surface area (Å²) in [6.45, 7) is 4.77. The van der Waals surface area contributed by atoms with Crippen LogP contribution in [0.25, 0.3) is 0 Å². The summed E-state index contributed by atoms with van der Waals surface area (Å²) in [6.07, 6.45) is 9.85. The van der Waals surface area contributed by atoms with Gasteiger partial charge < -0.3 is 10.6 Å². The van der Waals surface area contributed by atoms with Crippen molar-refractivity contribution in [3.8, 4) is 0 Å². The average Bonchev–Trinajstić information content (AvgIpc) is 2.79. The Hall–Kier alpha value is -0.0800. The first kappa shape index (κ1) is 11.4. The molecule has 2 rings (SSSR count). The van der Waals surface area contributed by atoms with Crippen molar-refractivity contribution in [3.05, 3.63) is 0 Å². The number of nitrogens with one attached hydrogen (secondary N) is 2. The molecule has 1 saturated carbocycles. The van der Waals surface area contributed by atoms with Gasteiger partial charge in [0.25, 0.3) is 0 Å². The molecule has 2 nitrogen and oxygen atoms in total. The summed E-state index contributed by atoms with van der Waals surface area (Å²) in [5.41, 5.74) is 0. The van der Waals surface area contributed by atoms with Gasteiger partial charge in [-0.15, -0.1) is 0 Å². The number of hydrogen-bond acceptors (Lipinski definition) is 2. The van der Waals surface area contributed by atoms with Crippen molar-refractivity contribution in [3.63, 3.8) is 0 Å². The number of rotatable bonds is 4. The Morgan fingerprint density at radius 3 is 2.73 bits per heavy atom. The van der Waals surface area contributed by atoms with Gasteiger partial charge in [-0.2, -0.15) is 0 Å². The van der Waals surface area contributed by atoms with Crippen LogP contribution in [-0.4, -0.2) is 25.2 Å². The van der Waals surface area contributed by atoms with Crippen molar-refractivity contribution in [2.45, 2.75) is 64.0 Å². The van der Waals surface area contributed by atoms with E-state index in [-0.39, 0.29) is 0 Å². The van der Waals surface area contributed by atoms with Gasteiger partial charge >= 0.3 is 0 Å². The molecule has 0 spiro atoms. The highest BCUT2D eigenvalue weighted by molar-refractivity contribution is 4.83. The van der Waals surface area contributed by atoms with E-state index in [0.717, 1.165) is 18.0 Å². The first-order valence-electron chi connectivity index (χ1n) is 6.87. The molecule has 0 bridgehead atoms. The topological polar surface area (TPSA) is 24.1 Å². The molecule has 2 aliphatic rings. The fourth-order valence-corrected chi connectivity index (χ4v) is 3.19. The van der Waals surface area contributed by atoms with E-state index in [2.05, 4.69) is 17.6 Å². The maximum Gasteiger partial charge on any atom is 0.0193 e. The molecule has 1 heterocycles. The molecule has 2 N–H and O–H groups in total. The van der Waals surface area contributed by atoms with E-state index in [9.17, 15) is 0 Å². The van der Waals surface area contributed by atoms with Crippen molar-refractivity contribution in [1.29, 1.82) is 0 Å². The smallest absolute Gasteiger partial charge is 0.0193 e. The first-order valence-corrected chi connectivity index (χ1v) is 6.87. The Labute approximate surface area is 94.2 Å². The third-order valence-electron chi connectivity index (χ3n) is 4.22. The predicted octanol–water partition coefficient (Wildman–Crippen LogP) is 2.30. The Morgan fingerprint density at radius 2 is 2.00 bits per heavy atom. The van der Waals surface area contributed by atoms with Gasteiger partial charge in [-0.25, -0.2) is 0 Å². The van der Waals surface area contributed by atoms with Crippen molar-refractivity contribution < 1.29 is 0 Å². The largest absolute Gasteiger partial charge is 0.313 e. The second kappa shape index (κ2) is 5.86. The van der Waals surface area contributed by atoms with Crippen LogP contribution in [0.2, 0.25) is 0 Å². The minimum atomic E-state index is 0.754. The minimum Gasteiger partial charge on any atom is -0.313 e. The van der Waals surface area contributed by atoms with Gasteiger partial charge in [-0.05, 0) is 38.1 Å². The van der Waals surface area contributed by atoms with Crippen LogP contribution >= 0.6 is 0 Å². The van der Waals surface area contributed by atoms with Gasteiger partial charge in [0.1, 0.15) is 0 Å². The van der Waals surface area contributed by atoms with E-state index in [0.29, 0.717) is 0 Å². The molecule has 15 heavy (non-hydrogen) atoms. The zero-order valence-electron chi connectivity index (χ0n) is 10.1. The van der Waals surface area contributed by atoms with Crippen LogP contribution in [0, 0.1) is 5.92 Å². The van der Waals surface area contributed by atoms with Crippen LogP contribution in [0.5, 0.6) is 0 Å². The standard InChI is InChI=1S/C13H26N2/c1-2-11-6-3-4-8-13(11)15-10-12-7-5-9-14-12/h11-15H,2-10H2,1H3. The lowest BCUT2D eigenvalue weighted by atomic mass is 9.83. The Kier molecular flexibility index (Phi) is 4.45. The summed E-state index contributed by atoms with van der Waals surface area (Å²) in [7, 11) is 0. The lowest BCUT2D eigenvalue weighted by Gasteiger charge is -2.32. The van der Waals surface area contributed by atoms with Crippen molar-refractivity contribution in [2.24, 2.45) is 5.92 Å². The normalized spacial score (nSPS) is 37.0. The SMILES string of the molecule is CCC1CCCCC1NCC1CCCN1. The molecular weight excluding hydrogens is 184 g/mol. The molecule has 88 valence electrons. The van der Waals surface area contributed by atoms with Crippen molar-refractivity contribution in [2.75, 3.05) is 13.1 Å². The highest BCUT2D eigenvalue weighted by Crippen LogP contribution is 2.26. The fourth-order valence-electron chi connectivity index (χ4n) is 3.19. The molecule has 1 aliphatic carbocycles. The molecule has 0 aromatic rings. The molecule has 2 heteroatoms. The predicted molar refractivity (Wildman–Crippen MR) is 65.1 cm³/mol. The highest BCUT2D eigenvalue weighted by Gasteiger charge is 2.24. The van der Waals surface area contributed by atoms with E-state index in [1.165, 1.54) is 58.0 Å². The van der Waals surface area contributed by atoms with Gasteiger partial charge in [0.05, 0.1) is 0 Å². The summed E-state index contributed by atoms with van der Waals surface area (Å²) in [6, 6.07) is 1.57. The van der Waals surface area contributed by atoms with Crippen LogP contribution in [-0.2, 0) is 0 Å². The van der Waals surface area contributed by atoms with Crippen molar-refractivity contribution in [1.82, 2.24) is 10.6 Å². The monoisotopic (exact) mass is 210 g/mol. The van der Waals surface area contributed by atoms with Crippen LogP contribution in [0.4, 0.5) is 0 Å². The summed E-state index contributed by atoms with van der Waals surface area (Å²) >= 11 is 0. The van der Waals surface area contributed by atoms with E-state index in [4.69, 9.17) is 0 Å². The van der Waals surface area contributed by atoms with Gasteiger partial charge in [0, 0.05) is 18.6 Å². The zero-order valence-corrected chi connectivity index (χ0v) is 10.1. The van der Waals surface area contributed by atoms with Crippen LogP contribution < -0.4 is 10.6 Å². The van der Waals surface area contributed by atoms with Gasteiger partial charge in [0.2, 0.25) is 0 Å². The molecule has 1 saturated heterocycles. The third-order valence-corrected chi connectivity index (χ3v) is 4.22. The van der Waals surface area contributed by atoms with Crippen LogP contribution in [0.15, 0.2) is 0 Å². The lowest BCUT2D eigenvalue weighted by Crippen LogP contribution is -2.44. The van der Waals surface area contributed by atoms with E-state index >= 15 is 0 Å². The summed E-state index contributed by atoms with van der Waals surface area (Å²) in [5.74, 6) is 0.945. The third kappa shape index (κ3) is 3.18. The average molecular weight is 210 g/mol. The summed E-state index contributed by atoms with van der Waals surface area (Å²) in [4.78, 5) is 0. The summed E-state index contributed by atoms with van der Waals surface area (Å²) < 4.78 is 0. The van der Waals surface area contributed by atoms with E-state index < -0.39 is 0 Å². The number of hydrogen-bond donors (Lipinski definition) is 2. The lowest BCUT2D eigenvalue weighted by molar-refractivity contribution is 0.251. The maximum atomic E-state index is 3.80. The molecule has 0 amide bonds. The maximum absolute atomic E-state index is 3.80. The molecule has 2 fully saturated rings. The Balaban J connectivity index is 1.71. The highest BCUT2D eigenvalue weighted by atomic mass is 15.0.